The molecule has 2 rings (SSSR count). The molecule has 0 saturated carbocycles. The highest BCUT2D eigenvalue weighted by Gasteiger charge is 2.08. The number of aromatic amines is 1. The van der Waals surface area contributed by atoms with Crippen LogP contribution in [0.1, 0.15) is 17.6 Å². The molecule has 0 bridgehead atoms. The first-order valence-corrected chi connectivity index (χ1v) is 4.73. The highest BCUT2D eigenvalue weighted by molar-refractivity contribution is 9.09. The molecule has 0 radical (unpaired) electrons. The highest BCUT2D eigenvalue weighted by Crippen LogP contribution is 2.20. The van der Waals surface area contributed by atoms with Crippen molar-refractivity contribution in [2.24, 2.45) is 0 Å². The average molecular weight is 244 g/mol. The summed E-state index contributed by atoms with van der Waals surface area (Å²) in [6.45, 7) is 1.94. The molecule has 0 aromatic carbocycles. The minimum Gasteiger partial charge on any atom is -0.340 e. The molecule has 0 aliphatic heterocycles. The van der Waals surface area contributed by atoms with Crippen LogP contribution in [0.4, 0.5) is 4.39 Å². The molecular formula is C8H7BrFN3. The molecule has 3 nitrogen and oxygen atoms in total. The number of hydrogen-bond acceptors (Lipinski definition) is 2. The SMILES string of the molecule is CC(Br)c1nc2ncc(F)cc2[nH]1. The molecule has 0 aliphatic rings. The lowest BCUT2D eigenvalue weighted by molar-refractivity contribution is 0.624. The summed E-state index contributed by atoms with van der Waals surface area (Å²) < 4.78 is 12.7. The Morgan fingerprint density at radius 2 is 2.38 bits per heavy atom. The Kier molecular flexibility index (Phi) is 2.03. The van der Waals surface area contributed by atoms with Gasteiger partial charge in [-0.05, 0) is 6.92 Å². The Morgan fingerprint density at radius 1 is 1.62 bits per heavy atom. The Labute approximate surface area is 82.5 Å². The van der Waals surface area contributed by atoms with Crippen LogP contribution >= 0.6 is 15.9 Å². The molecule has 1 atom stereocenters. The Bertz CT molecular complexity index is 438. The summed E-state index contributed by atoms with van der Waals surface area (Å²) in [5, 5.41) is 0. The van der Waals surface area contributed by atoms with Gasteiger partial charge in [0.15, 0.2) is 5.65 Å². The molecule has 0 saturated heterocycles. The fourth-order valence-electron chi connectivity index (χ4n) is 1.08. The zero-order chi connectivity index (χ0) is 9.42. The first-order chi connectivity index (χ1) is 6.16. The monoisotopic (exact) mass is 243 g/mol. The van der Waals surface area contributed by atoms with Crippen molar-refractivity contribution in [2.75, 3.05) is 0 Å². The number of aromatic nitrogens is 3. The van der Waals surface area contributed by atoms with E-state index in [1.54, 1.807) is 0 Å². The molecule has 68 valence electrons. The third-order valence-corrected chi connectivity index (χ3v) is 2.13. The molecule has 0 spiro atoms. The summed E-state index contributed by atoms with van der Waals surface area (Å²) in [5.41, 5.74) is 1.17. The van der Waals surface area contributed by atoms with Crippen LogP contribution in [-0.2, 0) is 0 Å². The van der Waals surface area contributed by atoms with Crippen molar-refractivity contribution >= 4 is 27.1 Å². The normalized spacial score (nSPS) is 13.5. The number of nitrogens with one attached hydrogen (secondary N) is 1. The fourth-order valence-corrected chi connectivity index (χ4v) is 1.30. The van der Waals surface area contributed by atoms with Gasteiger partial charge in [-0.3, -0.25) is 0 Å². The zero-order valence-electron chi connectivity index (χ0n) is 6.88. The van der Waals surface area contributed by atoms with Gasteiger partial charge >= 0.3 is 0 Å². The van der Waals surface area contributed by atoms with E-state index in [0.29, 0.717) is 11.2 Å². The van der Waals surface area contributed by atoms with Crippen LogP contribution in [0.2, 0.25) is 0 Å². The lowest BCUT2D eigenvalue weighted by Crippen LogP contribution is -1.84. The standard InChI is InChI=1S/C8H7BrFN3/c1-4(9)7-12-6-2-5(10)3-11-8(6)13-7/h2-4H,1H3,(H,11,12,13). The van der Waals surface area contributed by atoms with E-state index in [2.05, 4.69) is 30.9 Å². The Hall–Kier alpha value is -0.970. The third kappa shape index (κ3) is 1.56. The van der Waals surface area contributed by atoms with Gasteiger partial charge in [0.25, 0.3) is 0 Å². The van der Waals surface area contributed by atoms with E-state index in [4.69, 9.17) is 0 Å². The van der Waals surface area contributed by atoms with Crippen LogP contribution < -0.4 is 0 Å². The predicted octanol–water partition coefficient (Wildman–Crippen LogP) is 2.55. The molecule has 0 aliphatic carbocycles. The number of imidazole rings is 1. The summed E-state index contributed by atoms with van der Waals surface area (Å²) in [7, 11) is 0. The molecule has 13 heavy (non-hydrogen) atoms. The molecule has 0 amide bonds. The van der Waals surface area contributed by atoms with Crippen LogP contribution in [0.5, 0.6) is 0 Å². The van der Waals surface area contributed by atoms with Gasteiger partial charge in [0.2, 0.25) is 0 Å². The number of fused-ring (bicyclic) bond motifs is 1. The quantitative estimate of drug-likeness (QED) is 0.783. The first-order valence-electron chi connectivity index (χ1n) is 3.82. The van der Waals surface area contributed by atoms with Crippen molar-refractivity contribution in [3.63, 3.8) is 0 Å². The van der Waals surface area contributed by atoms with Crippen LogP contribution in [-0.4, -0.2) is 15.0 Å². The molecule has 0 fully saturated rings. The molecule has 1 unspecified atom stereocenters. The van der Waals surface area contributed by atoms with Crippen molar-refractivity contribution in [3.05, 3.63) is 23.9 Å². The van der Waals surface area contributed by atoms with Gasteiger partial charge in [-0.15, -0.1) is 0 Å². The maximum Gasteiger partial charge on any atom is 0.177 e. The molecule has 2 aromatic rings. The van der Waals surface area contributed by atoms with Gasteiger partial charge in [-0.1, -0.05) is 15.9 Å². The van der Waals surface area contributed by atoms with Gasteiger partial charge in [0, 0.05) is 6.07 Å². The molecule has 1 N–H and O–H groups in total. The maximum atomic E-state index is 12.7. The van der Waals surface area contributed by atoms with Crippen LogP contribution in [0.25, 0.3) is 11.2 Å². The van der Waals surface area contributed by atoms with E-state index in [1.165, 1.54) is 6.07 Å². The zero-order valence-corrected chi connectivity index (χ0v) is 8.47. The molecule has 2 heterocycles. The van der Waals surface area contributed by atoms with E-state index in [9.17, 15) is 4.39 Å². The number of halogens is 2. The van der Waals surface area contributed by atoms with Gasteiger partial charge < -0.3 is 4.98 Å². The summed E-state index contributed by atoms with van der Waals surface area (Å²) >= 11 is 3.36. The minimum atomic E-state index is -0.357. The second-order valence-electron chi connectivity index (χ2n) is 2.76. The Morgan fingerprint density at radius 3 is 3.08 bits per heavy atom. The Balaban J connectivity index is 2.62. The van der Waals surface area contributed by atoms with Crippen LogP contribution in [0, 0.1) is 5.82 Å². The second kappa shape index (κ2) is 3.06. The van der Waals surface area contributed by atoms with Crippen molar-refractivity contribution in [2.45, 2.75) is 11.8 Å². The number of pyridine rings is 1. The molecular weight excluding hydrogens is 237 g/mol. The van der Waals surface area contributed by atoms with Gasteiger partial charge in [-0.2, -0.15) is 0 Å². The van der Waals surface area contributed by atoms with E-state index < -0.39 is 0 Å². The van der Waals surface area contributed by atoms with Gasteiger partial charge in [0.1, 0.15) is 11.6 Å². The summed E-state index contributed by atoms with van der Waals surface area (Å²) in [4.78, 5) is 11.1. The van der Waals surface area contributed by atoms with Crippen molar-refractivity contribution in [3.8, 4) is 0 Å². The van der Waals surface area contributed by atoms with E-state index in [-0.39, 0.29) is 10.6 Å². The number of rotatable bonds is 1. The van der Waals surface area contributed by atoms with Crippen LogP contribution in [0.15, 0.2) is 12.3 Å². The van der Waals surface area contributed by atoms with Crippen molar-refractivity contribution < 1.29 is 4.39 Å². The smallest absolute Gasteiger partial charge is 0.177 e. The topological polar surface area (TPSA) is 41.6 Å². The summed E-state index contributed by atoms with van der Waals surface area (Å²) in [6, 6.07) is 1.38. The lowest BCUT2D eigenvalue weighted by atomic mass is 10.4. The average Bonchev–Trinajstić information content (AvgIpc) is 2.46. The summed E-state index contributed by atoms with van der Waals surface area (Å²) in [6.07, 6.45) is 1.16. The van der Waals surface area contributed by atoms with Gasteiger partial charge in [0.05, 0.1) is 16.5 Å². The van der Waals surface area contributed by atoms with E-state index >= 15 is 0 Å². The van der Waals surface area contributed by atoms with Crippen molar-refractivity contribution in [1.29, 1.82) is 0 Å². The maximum absolute atomic E-state index is 12.7. The first kappa shape index (κ1) is 8.62. The summed E-state index contributed by atoms with van der Waals surface area (Å²) in [5.74, 6) is 0.401. The van der Waals surface area contributed by atoms with Crippen molar-refractivity contribution in [1.82, 2.24) is 15.0 Å². The molecule has 2 aromatic heterocycles. The number of hydrogen-bond donors (Lipinski definition) is 1. The van der Waals surface area contributed by atoms with Gasteiger partial charge in [-0.25, -0.2) is 14.4 Å². The highest BCUT2D eigenvalue weighted by atomic mass is 79.9. The minimum absolute atomic E-state index is 0.116. The number of alkyl halides is 1. The predicted molar refractivity (Wildman–Crippen MR) is 51.2 cm³/mol. The molecule has 5 heteroatoms. The van der Waals surface area contributed by atoms with E-state index in [0.717, 1.165) is 12.0 Å². The number of H-pyrrole nitrogens is 1. The fraction of sp³-hybridized carbons (Fsp3) is 0.250. The number of nitrogens with zero attached hydrogens (tertiary/aromatic N) is 2. The van der Waals surface area contributed by atoms with E-state index in [1.807, 2.05) is 6.92 Å². The third-order valence-electron chi connectivity index (χ3n) is 1.70. The second-order valence-corrected chi connectivity index (χ2v) is 4.14. The largest absolute Gasteiger partial charge is 0.340 e. The van der Waals surface area contributed by atoms with Crippen LogP contribution in [0.3, 0.4) is 0 Å². The lowest BCUT2D eigenvalue weighted by Gasteiger charge is -1.93.